The Morgan fingerprint density at radius 2 is 1.27 bits per heavy atom. The zero-order valence-corrected chi connectivity index (χ0v) is 13.3. The number of hydrogen-bond donors (Lipinski definition) is 0. The van der Waals surface area contributed by atoms with Gasteiger partial charge in [-0.05, 0) is 41.0 Å². The number of ether oxygens (including phenoxy) is 4. The van der Waals surface area contributed by atoms with Crippen LogP contribution in [0.5, 0.6) is 23.0 Å². The zero-order chi connectivity index (χ0) is 16.1. The third kappa shape index (κ3) is 3.17. The van der Waals surface area contributed by atoms with Crippen LogP contribution in [0.4, 0.5) is 0 Å². The van der Waals surface area contributed by atoms with Gasteiger partial charge >= 0.3 is 0 Å². The van der Waals surface area contributed by atoms with Gasteiger partial charge in [0.1, 0.15) is 11.5 Å². The van der Waals surface area contributed by atoms with E-state index in [1.165, 1.54) is 0 Å². The Morgan fingerprint density at radius 1 is 0.682 bits per heavy atom. The molecule has 2 aromatic rings. The predicted octanol–water partition coefficient (Wildman–Crippen LogP) is 3.78. The minimum absolute atomic E-state index is 0.663. The zero-order valence-electron chi connectivity index (χ0n) is 13.3. The van der Waals surface area contributed by atoms with Crippen LogP contribution in [0, 0.1) is 0 Å². The largest absolute Gasteiger partial charge is 0.497 e. The Labute approximate surface area is 130 Å². The van der Waals surface area contributed by atoms with Crippen molar-refractivity contribution < 1.29 is 18.9 Å². The van der Waals surface area contributed by atoms with Gasteiger partial charge in [-0.1, -0.05) is 12.6 Å². The van der Waals surface area contributed by atoms with Crippen LogP contribution < -0.4 is 18.9 Å². The average Bonchev–Trinajstić information content (AvgIpc) is 2.59. The number of benzene rings is 2. The Hall–Kier alpha value is -2.62. The fourth-order valence-electron chi connectivity index (χ4n) is 2.17. The molecule has 0 heterocycles. The summed E-state index contributed by atoms with van der Waals surface area (Å²) in [4.78, 5) is 0. The quantitative estimate of drug-likeness (QED) is 0.813. The lowest BCUT2D eigenvalue weighted by atomic mass is 9.98. The fraction of sp³-hybridized carbons (Fsp3) is 0.222. The summed E-state index contributed by atoms with van der Waals surface area (Å²) < 4.78 is 21.2. The van der Waals surface area contributed by atoms with E-state index in [4.69, 9.17) is 18.9 Å². The van der Waals surface area contributed by atoms with Crippen LogP contribution >= 0.6 is 0 Å². The van der Waals surface area contributed by atoms with Crippen molar-refractivity contribution in [1.82, 2.24) is 0 Å². The number of rotatable bonds is 6. The predicted molar refractivity (Wildman–Crippen MR) is 87.2 cm³/mol. The van der Waals surface area contributed by atoms with Gasteiger partial charge in [-0.2, -0.15) is 0 Å². The Balaban J connectivity index is 2.43. The van der Waals surface area contributed by atoms with E-state index in [0.29, 0.717) is 11.5 Å². The molecule has 4 nitrogen and oxygen atoms in total. The third-order valence-corrected chi connectivity index (χ3v) is 3.43. The fourth-order valence-corrected chi connectivity index (χ4v) is 2.17. The van der Waals surface area contributed by atoms with Crippen molar-refractivity contribution in [1.29, 1.82) is 0 Å². The van der Waals surface area contributed by atoms with Gasteiger partial charge in [0.05, 0.1) is 28.4 Å². The molecular weight excluding hydrogens is 280 g/mol. The second-order valence-electron chi connectivity index (χ2n) is 4.65. The summed E-state index contributed by atoms with van der Waals surface area (Å²) in [5.41, 5.74) is 2.70. The van der Waals surface area contributed by atoms with Crippen molar-refractivity contribution in [2.45, 2.75) is 0 Å². The Morgan fingerprint density at radius 3 is 1.77 bits per heavy atom. The van der Waals surface area contributed by atoms with Crippen molar-refractivity contribution in [3.8, 4) is 23.0 Å². The van der Waals surface area contributed by atoms with Crippen LogP contribution in [0.1, 0.15) is 11.1 Å². The van der Waals surface area contributed by atoms with Crippen molar-refractivity contribution in [3.63, 3.8) is 0 Å². The summed E-state index contributed by atoms with van der Waals surface area (Å²) in [7, 11) is 6.47. The molecule has 0 aliphatic carbocycles. The first kappa shape index (κ1) is 15.8. The lowest BCUT2D eigenvalue weighted by Gasteiger charge is -2.13. The first-order chi connectivity index (χ1) is 10.6. The molecule has 0 spiro atoms. The summed E-state index contributed by atoms with van der Waals surface area (Å²) in [5, 5.41) is 0. The lowest BCUT2D eigenvalue weighted by Crippen LogP contribution is -1.94. The maximum atomic E-state index is 5.34. The summed E-state index contributed by atoms with van der Waals surface area (Å²) in [6.45, 7) is 4.17. The van der Waals surface area contributed by atoms with Crippen LogP contribution in [-0.4, -0.2) is 28.4 Å². The van der Waals surface area contributed by atoms with Crippen LogP contribution in [0.3, 0.4) is 0 Å². The third-order valence-electron chi connectivity index (χ3n) is 3.43. The standard InChI is InChI=1S/C18H20O4/c1-12(13-6-7-17(21-4)18(10-13)22-5)14-8-15(19-2)11-16(9-14)20-3/h6-11H,1H2,2-5H3. The highest BCUT2D eigenvalue weighted by atomic mass is 16.5. The lowest BCUT2D eigenvalue weighted by molar-refractivity contribution is 0.355. The van der Waals surface area contributed by atoms with E-state index in [0.717, 1.165) is 28.2 Å². The maximum absolute atomic E-state index is 5.34. The molecule has 0 fully saturated rings. The molecule has 0 saturated heterocycles. The van der Waals surface area contributed by atoms with E-state index in [9.17, 15) is 0 Å². The average molecular weight is 300 g/mol. The van der Waals surface area contributed by atoms with Gasteiger partial charge in [-0.15, -0.1) is 0 Å². The second-order valence-corrected chi connectivity index (χ2v) is 4.65. The molecule has 0 aliphatic rings. The first-order valence-electron chi connectivity index (χ1n) is 6.77. The summed E-state index contributed by atoms with van der Waals surface area (Å²) >= 11 is 0. The van der Waals surface area contributed by atoms with Crippen LogP contribution in [0.15, 0.2) is 43.0 Å². The van der Waals surface area contributed by atoms with Gasteiger partial charge in [0.25, 0.3) is 0 Å². The van der Waals surface area contributed by atoms with Gasteiger partial charge < -0.3 is 18.9 Å². The van der Waals surface area contributed by atoms with Crippen molar-refractivity contribution in [3.05, 3.63) is 54.1 Å². The minimum Gasteiger partial charge on any atom is -0.497 e. The summed E-state index contributed by atoms with van der Waals surface area (Å²) in [6, 6.07) is 11.4. The number of methoxy groups -OCH3 is 4. The first-order valence-corrected chi connectivity index (χ1v) is 6.77. The second kappa shape index (κ2) is 6.89. The topological polar surface area (TPSA) is 36.9 Å². The van der Waals surface area contributed by atoms with Crippen LogP contribution in [0.25, 0.3) is 5.57 Å². The molecule has 0 aliphatic heterocycles. The highest BCUT2D eigenvalue weighted by molar-refractivity contribution is 5.80. The summed E-state index contributed by atoms with van der Waals surface area (Å²) in [6.07, 6.45) is 0. The molecule has 0 N–H and O–H groups in total. The van der Waals surface area contributed by atoms with Gasteiger partial charge in [-0.3, -0.25) is 0 Å². The molecule has 116 valence electrons. The van der Waals surface area contributed by atoms with Crippen molar-refractivity contribution >= 4 is 5.57 Å². The Bertz CT molecular complexity index is 655. The van der Waals surface area contributed by atoms with Gasteiger partial charge in [-0.25, -0.2) is 0 Å². The van der Waals surface area contributed by atoms with E-state index in [1.807, 2.05) is 36.4 Å². The van der Waals surface area contributed by atoms with Crippen LogP contribution in [-0.2, 0) is 0 Å². The summed E-state index contributed by atoms with van der Waals surface area (Å²) in [5.74, 6) is 2.78. The molecule has 2 aromatic carbocycles. The van der Waals surface area contributed by atoms with Crippen molar-refractivity contribution in [2.75, 3.05) is 28.4 Å². The normalized spacial score (nSPS) is 10.0. The smallest absolute Gasteiger partial charge is 0.161 e. The molecular formula is C18H20O4. The maximum Gasteiger partial charge on any atom is 0.161 e. The van der Waals surface area contributed by atoms with Gasteiger partial charge in [0.2, 0.25) is 0 Å². The molecule has 0 bridgehead atoms. The molecule has 4 heteroatoms. The van der Waals surface area contributed by atoms with Gasteiger partial charge in [0, 0.05) is 6.07 Å². The molecule has 0 unspecified atom stereocenters. The number of hydrogen-bond acceptors (Lipinski definition) is 4. The monoisotopic (exact) mass is 300 g/mol. The SMILES string of the molecule is C=C(c1cc(OC)cc(OC)c1)c1ccc(OC)c(OC)c1. The molecule has 2 rings (SSSR count). The highest BCUT2D eigenvalue weighted by Gasteiger charge is 2.10. The van der Waals surface area contributed by atoms with E-state index in [-0.39, 0.29) is 0 Å². The van der Waals surface area contributed by atoms with E-state index in [2.05, 4.69) is 6.58 Å². The molecule has 0 atom stereocenters. The molecule has 0 radical (unpaired) electrons. The van der Waals surface area contributed by atoms with E-state index in [1.54, 1.807) is 28.4 Å². The molecule has 22 heavy (non-hydrogen) atoms. The molecule has 0 aromatic heterocycles. The van der Waals surface area contributed by atoms with Crippen LogP contribution in [0.2, 0.25) is 0 Å². The molecule has 0 amide bonds. The van der Waals surface area contributed by atoms with Crippen molar-refractivity contribution in [2.24, 2.45) is 0 Å². The minimum atomic E-state index is 0.663. The molecule has 0 saturated carbocycles. The van der Waals surface area contributed by atoms with E-state index < -0.39 is 0 Å². The Kier molecular flexibility index (Phi) is 4.94. The van der Waals surface area contributed by atoms with E-state index >= 15 is 0 Å². The highest BCUT2D eigenvalue weighted by Crippen LogP contribution is 2.34. The van der Waals surface area contributed by atoms with Gasteiger partial charge in [0.15, 0.2) is 11.5 Å².